The molecule has 0 unspecified atom stereocenters. The average Bonchev–Trinajstić information content (AvgIpc) is 2.96. The molecule has 1 N–H and O–H groups in total. The van der Waals surface area contributed by atoms with Crippen LogP contribution >= 0.6 is 0 Å². The molecule has 2 aromatic rings. The molecule has 2 aromatic carbocycles. The van der Waals surface area contributed by atoms with Crippen molar-refractivity contribution >= 4 is 17.7 Å². The zero-order valence-electron chi connectivity index (χ0n) is 17.4. The minimum Gasteiger partial charge on any atom is -0.497 e. The molecule has 7 heteroatoms. The number of methoxy groups -OCH3 is 1. The number of carbonyl (C=O) groups excluding carboxylic acids is 3. The lowest BCUT2D eigenvalue weighted by Gasteiger charge is -2.21. The largest absolute Gasteiger partial charge is 0.497 e. The van der Waals surface area contributed by atoms with Crippen molar-refractivity contribution in [3.05, 3.63) is 59.7 Å². The standard InChI is InChI=1S/C23H26N2O5/c1-4-30-19-11-7-17(8-12-19)20(26)15-25-21(27)23(2,24-22(25)28)14-13-16-5-9-18(29-3)10-6-16/h5-12H,4,13-15H2,1-3H3,(H,24,28)/t23-/m0/s1. The number of Topliss-reactive ketones (excluding diaryl/α,β-unsaturated/α-hetero) is 1. The Morgan fingerprint density at radius 3 is 2.27 bits per heavy atom. The molecule has 1 aliphatic heterocycles. The van der Waals surface area contributed by atoms with Gasteiger partial charge < -0.3 is 14.8 Å². The van der Waals surface area contributed by atoms with Crippen molar-refractivity contribution in [1.29, 1.82) is 0 Å². The molecule has 3 amide bonds. The van der Waals surface area contributed by atoms with Gasteiger partial charge >= 0.3 is 6.03 Å². The number of urea groups is 1. The SMILES string of the molecule is CCOc1ccc(C(=O)CN2C(=O)N[C@@](C)(CCc3ccc(OC)cc3)C2=O)cc1. The van der Waals surface area contributed by atoms with E-state index in [0.717, 1.165) is 16.2 Å². The van der Waals surface area contributed by atoms with Crippen LogP contribution in [0.2, 0.25) is 0 Å². The molecule has 1 saturated heterocycles. The highest BCUT2D eigenvalue weighted by Crippen LogP contribution is 2.24. The van der Waals surface area contributed by atoms with Crippen LogP contribution in [0.15, 0.2) is 48.5 Å². The molecule has 0 bridgehead atoms. The summed E-state index contributed by atoms with van der Waals surface area (Å²) in [6, 6.07) is 13.7. The second-order valence-electron chi connectivity index (χ2n) is 7.38. The Morgan fingerprint density at radius 2 is 1.67 bits per heavy atom. The number of imide groups is 1. The van der Waals surface area contributed by atoms with Crippen LogP contribution in [0.25, 0.3) is 0 Å². The summed E-state index contributed by atoms with van der Waals surface area (Å²) in [5.74, 6) is 0.727. The van der Waals surface area contributed by atoms with Gasteiger partial charge in [0.1, 0.15) is 17.0 Å². The van der Waals surface area contributed by atoms with Crippen LogP contribution < -0.4 is 14.8 Å². The van der Waals surface area contributed by atoms with Gasteiger partial charge in [-0.25, -0.2) is 4.79 Å². The van der Waals surface area contributed by atoms with E-state index in [2.05, 4.69) is 5.32 Å². The average molecular weight is 410 g/mol. The fourth-order valence-corrected chi connectivity index (χ4v) is 3.39. The number of amides is 3. The number of ether oxygens (including phenoxy) is 2. The first-order chi connectivity index (χ1) is 14.4. The molecule has 3 rings (SSSR count). The number of nitrogens with zero attached hydrogens (tertiary/aromatic N) is 1. The summed E-state index contributed by atoms with van der Waals surface area (Å²) in [5.41, 5.74) is 0.407. The van der Waals surface area contributed by atoms with Gasteiger partial charge in [0.05, 0.1) is 20.3 Å². The van der Waals surface area contributed by atoms with Gasteiger partial charge in [-0.1, -0.05) is 12.1 Å². The van der Waals surface area contributed by atoms with E-state index in [1.54, 1.807) is 38.3 Å². The van der Waals surface area contributed by atoms with E-state index < -0.39 is 11.6 Å². The topological polar surface area (TPSA) is 84.9 Å². The molecule has 0 radical (unpaired) electrons. The normalized spacial score (nSPS) is 18.3. The van der Waals surface area contributed by atoms with Crippen LogP contribution in [0.5, 0.6) is 11.5 Å². The van der Waals surface area contributed by atoms with Gasteiger partial charge in [-0.2, -0.15) is 0 Å². The summed E-state index contributed by atoms with van der Waals surface area (Å²) in [7, 11) is 1.60. The summed E-state index contributed by atoms with van der Waals surface area (Å²) in [4.78, 5) is 38.9. The quantitative estimate of drug-likeness (QED) is 0.507. The van der Waals surface area contributed by atoms with Crippen molar-refractivity contribution in [1.82, 2.24) is 10.2 Å². The minimum absolute atomic E-state index is 0.295. The number of benzene rings is 2. The molecule has 30 heavy (non-hydrogen) atoms. The number of ketones is 1. The Bertz CT molecular complexity index is 924. The molecule has 7 nitrogen and oxygen atoms in total. The number of nitrogens with one attached hydrogen (secondary N) is 1. The molecule has 158 valence electrons. The molecule has 0 aromatic heterocycles. The minimum atomic E-state index is -1.05. The number of aryl methyl sites for hydroxylation is 1. The zero-order valence-corrected chi connectivity index (χ0v) is 17.4. The first-order valence-electron chi connectivity index (χ1n) is 9.89. The number of hydrogen-bond acceptors (Lipinski definition) is 5. The van der Waals surface area contributed by atoms with E-state index in [9.17, 15) is 14.4 Å². The summed E-state index contributed by atoms with van der Waals surface area (Å²) in [5, 5.41) is 2.75. The highest BCUT2D eigenvalue weighted by atomic mass is 16.5. The van der Waals surface area contributed by atoms with Crippen molar-refractivity contribution in [2.24, 2.45) is 0 Å². The Kier molecular flexibility index (Phi) is 6.40. The number of carbonyl (C=O) groups is 3. The Morgan fingerprint density at radius 1 is 1.03 bits per heavy atom. The molecule has 0 aliphatic carbocycles. The molecular weight excluding hydrogens is 384 g/mol. The maximum Gasteiger partial charge on any atom is 0.325 e. The summed E-state index contributed by atoms with van der Waals surface area (Å²) < 4.78 is 10.5. The van der Waals surface area contributed by atoms with Gasteiger partial charge in [0.25, 0.3) is 5.91 Å². The van der Waals surface area contributed by atoms with E-state index in [1.165, 1.54) is 0 Å². The van der Waals surface area contributed by atoms with Crippen molar-refractivity contribution in [2.45, 2.75) is 32.2 Å². The first kappa shape index (κ1) is 21.4. The van der Waals surface area contributed by atoms with E-state index in [0.29, 0.717) is 30.8 Å². The maximum absolute atomic E-state index is 12.9. The summed E-state index contributed by atoms with van der Waals surface area (Å²) in [6.45, 7) is 3.81. The summed E-state index contributed by atoms with van der Waals surface area (Å²) >= 11 is 0. The molecule has 1 fully saturated rings. The molecule has 1 aliphatic rings. The van der Waals surface area contributed by atoms with Crippen LogP contribution in [0, 0.1) is 0 Å². The predicted molar refractivity (Wildman–Crippen MR) is 112 cm³/mol. The predicted octanol–water partition coefficient (Wildman–Crippen LogP) is 3.22. The second kappa shape index (κ2) is 8.98. The molecular formula is C23H26N2O5. The van der Waals surface area contributed by atoms with Gasteiger partial charge in [-0.05, 0) is 68.7 Å². The van der Waals surface area contributed by atoms with Gasteiger partial charge in [-0.15, -0.1) is 0 Å². The smallest absolute Gasteiger partial charge is 0.325 e. The third-order valence-corrected chi connectivity index (χ3v) is 5.21. The second-order valence-corrected chi connectivity index (χ2v) is 7.38. The fraction of sp³-hybridized carbons (Fsp3) is 0.348. The Labute approximate surface area is 176 Å². The van der Waals surface area contributed by atoms with Crippen molar-refractivity contribution < 1.29 is 23.9 Å². The molecule has 1 heterocycles. The highest BCUT2D eigenvalue weighted by molar-refractivity contribution is 6.11. The van der Waals surface area contributed by atoms with Crippen molar-refractivity contribution in [3.8, 4) is 11.5 Å². The van der Waals surface area contributed by atoms with E-state index in [1.807, 2.05) is 31.2 Å². The van der Waals surface area contributed by atoms with Crippen LogP contribution in [0.1, 0.15) is 36.2 Å². The van der Waals surface area contributed by atoms with Crippen LogP contribution in [-0.2, 0) is 11.2 Å². The molecule has 0 spiro atoms. The van der Waals surface area contributed by atoms with E-state index in [-0.39, 0.29) is 18.2 Å². The zero-order chi connectivity index (χ0) is 21.7. The van der Waals surface area contributed by atoms with Crippen LogP contribution in [-0.4, -0.2) is 48.4 Å². The van der Waals surface area contributed by atoms with Gasteiger partial charge in [-0.3, -0.25) is 14.5 Å². The van der Waals surface area contributed by atoms with E-state index in [4.69, 9.17) is 9.47 Å². The van der Waals surface area contributed by atoms with Crippen LogP contribution in [0.3, 0.4) is 0 Å². The third-order valence-electron chi connectivity index (χ3n) is 5.21. The van der Waals surface area contributed by atoms with Crippen molar-refractivity contribution in [3.63, 3.8) is 0 Å². The lowest BCUT2D eigenvalue weighted by atomic mass is 9.93. The van der Waals surface area contributed by atoms with Gasteiger partial charge in [0.15, 0.2) is 5.78 Å². The summed E-state index contributed by atoms with van der Waals surface area (Å²) in [6.07, 6.45) is 1.03. The molecule has 1 atom stereocenters. The van der Waals surface area contributed by atoms with Gasteiger partial charge in [0.2, 0.25) is 0 Å². The van der Waals surface area contributed by atoms with Crippen LogP contribution in [0.4, 0.5) is 4.79 Å². The Hall–Kier alpha value is -3.35. The monoisotopic (exact) mass is 410 g/mol. The highest BCUT2D eigenvalue weighted by Gasteiger charge is 2.47. The van der Waals surface area contributed by atoms with E-state index >= 15 is 0 Å². The molecule has 0 saturated carbocycles. The lowest BCUT2D eigenvalue weighted by molar-refractivity contribution is -0.130. The third kappa shape index (κ3) is 4.62. The number of hydrogen-bond donors (Lipinski definition) is 1. The fourth-order valence-electron chi connectivity index (χ4n) is 3.39. The lowest BCUT2D eigenvalue weighted by Crippen LogP contribution is -2.44. The first-order valence-corrected chi connectivity index (χ1v) is 9.89. The van der Waals surface area contributed by atoms with Gasteiger partial charge in [0, 0.05) is 5.56 Å². The van der Waals surface area contributed by atoms with Crippen molar-refractivity contribution in [2.75, 3.05) is 20.3 Å². The maximum atomic E-state index is 12.9. The Balaban J connectivity index is 1.63. The number of rotatable bonds is 9.